The maximum absolute atomic E-state index is 3.72. The van der Waals surface area contributed by atoms with E-state index in [0.717, 1.165) is 0 Å². The Hall–Kier alpha value is -1.05. The normalized spacial score (nSPS) is 14.0. The van der Waals surface area contributed by atoms with E-state index in [2.05, 4.69) is 10.5 Å². The molecule has 0 aromatic carbocycles. The van der Waals surface area contributed by atoms with Gasteiger partial charge in [0.1, 0.15) is 0 Å². The van der Waals surface area contributed by atoms with E-state index in [-0.39, 0.29) is 7.43 Å². The summed E-state index contributed by atoms with van der Waals surface area (Å²) in [6, 6.07) is 0. The molecule has 1 N–H and O–H groups in total. The molecule has 2 nitrogen and oxygen atoms in total. The maximum atomic E-state index is 3.72. The van der Waals surface area contributed by atoms with Crippen molar-refractivity contribution < 1.29 is 0 Å². The third-order valence-corrected chi connectivity index (χ3v) is 0.628. The minimum Gasteiger partial charge on any atom is -0.286 e. The van der Waals surface area contributed by atoms with Crippen LogP contribution in [0, 0.1) is 0 Å². The van der Waals surface area contributed by atoms with Crippen LogP contribution in [0.4, 0.5) is 0 Å². The number of rotatable bonds is 0. The van der Waals surface area contributed by atoms with Gasteiger partial charge in [0.25, 0.3) is 0 Å². The Bertz CT molecular complexity index is 108. The average Bonchev–Trinajstić information content (AvgIpc) is 1.90. The Morgan fingerprint density at radius 1 is 1.12 bits per heavy atom. The summed E-state index contributed by atoms with van der Waals surface area (Å²) in [6.07, 6.45) is 9.10. The molecule has 1 aliphatic heterocycles. The van der Waals surface area contributed by atoms with Crippen LogP contribution in [0.5, 0.6) is 0 Å². The van der Waals surface area contributed by atoms with Crippen molar-refractivity contribution in [2.45, 2.75) is 7.43 Å². The zero-order valence-corrected chi connectivity index (χ0v) is 3.83. The molecular weight excluding hydrogens is 100 g/mol. The summed E-state index contributed by atoms with van der Waals surface area (Å²) < 4.78 is 0. The summed E-state index contributed by atoms with van der Waals surface area (Å²) in [5.41, 5.74) is 2.67. The first-order chi connectivity index (χ1) is 3.50. The first-order valence-electron chi connectivity index (χ1n) is 2.10. The monoisotopic (exact) mass is 110 g/mol. The van der Waals surface area contributed by atoms with E-state index in [1.54, 1.807) is 12.4 Å². The lowest BCUT2D eigenvalue weighted by Gasteiger charge is -1.78. The van der Waals surface area contributed by atoms with E-state index < -0.39 is 0 Å². The fourth-order valence-electron chi connectivity index (χ4n) is 0.342. The zero-order chi connectivity index (χ0) is 4.95. The van der Waals surface area contributed by atoms with Crippen molar-refractivity contribution in [3.63, 3.8) is 0 Å². The smallest absolute Gasteiger partial charge is 0.0472 e. The first kappa shape index (κ1) is 6.95. The van der Waals surface area contributed by atoms with Gasteiger partial charge in [-0.1, -0.05) is 13.5 Å². The highest BCUT2D eigenvalue weighted by molar-refractivity contribution is 5.71. The maximum Gasteiger partial charge on any atom is 0.0472 e. The van der Waals surface area contributed by atoms with E-state index in [4.69, 9.17) is 0 Å². The molecule has 2 heteroatoms. The van der Waals surface area contributed by atoms with Gasteiger partial charge in [-0.2, -0.15) is 5.10 Å². The average molecular weight is 110 g/mol. The Kier molecular flexibility index (Phi) is 3.58. The largest absolute Gasteiger partial charge is 0.286 e. The van der Waals surface area contributed by atoms with Crippen molar-refractivity contribution in [1.82, 2.24) is 5.43 Å². The Labute approximate surface area is 49.6 Å². The standard InChI is InChI=1S/C5H6N2.CH4/c1-2-4-6-7-5-3-1;/h1-6H;1H4. The molecule has 0 fully saturated rings. The van der Waals surface area contributed by atoms with Crippen molar-refractivity contribution in [3.05, 3.63) is 24.4 Å². The predicted molar refractivity (Wildman–Crippen MR) is 36.6 cm³/mol. The van der Waals surface area contributed by atoms with E-state index in [1.807, 2.05) is 18.2 Å². The van der Waals surface area contributed by atoms with Gasteiger partial charge in [0, 0.05) is 12.4 Å². The van der Waals surface area contributed by atoms with Crippen LogP contribution in [0.15, 0.2) is 29.5 Å². The molecule has 0 atom stereocenters. The van der Waals surface area contributed by atoms with Crippen LogP contribution in [0.3, 0.4) is 0 Å². The molecule has 1 heterocycles. The first-order valence-corrected chi connectivity index (χ1v) is 2.10. The van der Waals surface area contributed by atoms with Crippen LogP contribution >= 0.6 is 0 Å². The molecule has 0 aromatic rings. The summed E-state index contributed by atoms with van der Waals surface area (Å²) in [5.74, 6) is 0. The van der Waals surface area contributed by atoms with Crippen molar-refractivity contribution in [1.29, 1.82) is 0 Å². The highest BCUT2D eigenvalue weighted by Crippen LogP contribution is 1.76. The molecule has 0 saturated carbocycles. The second-order valence-electron chi connectivity index (χ2n) is 1.15. The molecule has 0 amide bonds. The van der Waals surface area contributed by atoms with Gasteiger partial charge in [-0.15, -0.1) is 0 Å². The third-order valence-electron chi connectivity index (χ3n) is 0.628. The summed E-state index contributed by atoms with van der Waals surface area (Å²) in [5, 5.41) is 3.72. The lowest BCUT2D eigenvalue weighted by atomic mass is 10.5. The molecule has 0 aromatic heterocycles. The molecule has 1 rings (SSSR count). The second-order valence-corrected chi connectivity index (χ2v) is 1.15. The van der Waals surface area contributed by atoms with Crippen LogP contribution in [0.25, 0.3) is 0 Å². The molecule has 8 heavy (non-hydrogen) atoms. The van der Waals surface area contributed by atoms with Gasteiger partial charge in [-0.25, -0.2) is 0 Å². The number of hydrogen-bond acceptors (Lipinski definition) is 2. The van der Waals surface area contributed by atoms with Crippen molar-refractivity contribution in [3.8, 4) is 0 Å². The Balaban J connectivity index is 0.000000490. The van der Waals surface area contributed by atoms with Gasteiger partial charge in [0.2, 0.25) is 0 Å². The Morgan fingerprint density at radius 2 is 2.00 bits per heavy atom. The lowest BCUT2D eigenvalue weighted by molar-refractivity contribution is 0.980. The molecule has 0 saturated heterocycles. The molecule has 0 radical (unpaired) electrons. The molecule has 1 aliphatic rings. The topological polar surface area (TPSA) is 24.4 Å². The highest BCUT2D eigenvalue weighted by atomic mass is 15.3. The minimum absolute atomic E-state index is 0. The van der Waals surface area contributed by atoms with Gasteiger partial charge < -0.3 is 0 Å². The summed E-state index contributed by atoms with van der Waals surface area (Å²) in [4.78, 5) is 0. The van der Waals surface area contributed by atoms with Crippen molar-refractivity contribution in [2.75, 3.05) is 0 Å². The fraction of sp³-hybridized carbons (Fsp3) is 0.167. The van der Waals surface area contributed by atoms with Gasteiger partial charge in [0.05, 0.1) is 0 Å². The van der Waals surface area contributed by atoms with E-state index in [9.17, 15) is 0 Å². The molecule has 0 unspecified atom stereocenters. The third kappa shape index (κ3) is 2.18. The number of allylic oxidation sites excluding steroid dienone is 3. The summed E-state index contributed by atoms with van der Waals surface area (Å²) >= 11 is 0. The summed E-state index contributed by atoms with van der Waals surface area (Å²) in [7, 11) is 0. The quantitative estimate of drug-likeness (QED) is 0.499. The van der Waals surface area contributed by atoms with Crippen molar-refractivity contribution in [2.24, 2.45) is 5.10 Å². The van der Waals surface area contributed by atoms with Gasteiger partial charge in [0.15, 0.2) is 0 Å². The zero-order valence-electron chi connectivity index (χ0n) is 3.83. The summed E-state index contributed by atoms with van der Waals surface area (Å²) in [6.45, 7) is 0. The van der Waals surface area contributed by atoms with Gasteiger partial charge in [-0.05, 0) is 12.2 Å². The van der Waals surface area contributed by atoms with Crippen LogP contribution in [0.1, 0.15) is 7.43 Å². The van der Waals surface area contributed by atoms with Crippen molar-refractivity contribution >= 4 is 6.21 Å². The van der Waals surface area contributed by atoms with E-state index >= 15 is 0 Å². The second kappa shape index (κ2) is 4.12. The highest BCUT2D eigenvalue weighted by Gasteiger charge is 1.68. The molecule has 0 bridgehead atoms. The predicted octanol–water partition coefficient (Wildman–Crippen LogP) is 1.28. The van der Waals surface area contributed by atoms with Crippen LogP contribution in [-0.2, 0) is 0 Å². The van der Waals surface area contributed by atoms with E-state index in [1.165, 1.54) is 0 Å². The molecule has 0 aliphatic carbocycles. The fourth-order valence-corrected chi connectivity index (χ4v) is 0.342. The van der Waals surface area contributed by atoms with Gasteiger partial charge in [-0.3, -0.25) is 5.43 Å². The minimum atomic E-state index is 0. The number of hydrogen-bond donors (Lipinski definition) is 1. The number of nitrogens with one attached hydrogen (secondary N) is 1. The van der Waals surface area contributed by atoms with Crippen LogP contribution < -0.4 is 5.43 Å². The molecule has 44 valence electrons. The van der Waals surface area contributed by atoms with Crippen LogP contribution in [0.2, 0.25) is 0 Å². The Morgan fingerprint density at radius 3 is 2.88 bits per heavy atom. The lowest BCUT2D eigenvalue weighted by Crippen LogP contribution is -1.89. The van der Waals surface area contributed by atoms with Gasteiger partial charge >= 0.3 is 0 Å². The SMILES string of the molecule is C.C1=CC=NNC=C1. The van der Waals surface area contributed by atoms with Crippen LogP contribution in [-0.4, -0.2) is 6.21 Å². The number of hydrazone groups is 1. The molecule has 0 spiro atoms. The molecular formula is C6H10N2. The number of nitrogens with zero attached hydrogens (tertiary/aromatic N) is 1. The van der Waals surface area contributed by atoms with E-state index in [0.29, 0.717) is 0 Å².